The smallest absolute Gasteiger partial charge is 0.0435 e. The normalized spacial score (nSPS) is 16.0. The molecule has 0 aromatic heterocycles. The van der Waals surface area contributed by atoms with Gasteiger partial charge in [-0.1, -0.05) is 151 Å². The second-order valence-corrected chi connectivity index (χ2v) is 12.8. The van der Waals surface area contributed by atoms with Crippen LogP contribution in [0, 0.1) is 0 Å². The maximum atomic E-state index is 2.39. The van der Waals surface area contributed by atoms with Crippen molar-refractivity contribution in [2.24, 2.45) is 0 Å². The van der Waals surface area contributed by atoms with Gasteiger partial charge in [0.2, 0.25) is 0 Å². The third kappa shape index (κ3) is 3.46. The lowest BCUT2D eigenvalue weighted by Crippen LogP contribution is -2.22. The molecule has 202 valence electrons. The summed E-state index contributed by atoms with van der Waals surface area (Å²) in [5.41, 5.74) is 14.3. The van der Waals surface area contributed by atoms with E-state index in [9.17, 15) is 0 Å². The van der Waals surface area contributed by atoms with E-state index in [0.29, 0.717) is 0 Å². The molecular weight excluding hydrogens is 537 g/mol. The van der Waals surface area contributed by atoms with Gasteiger partial charge in [-0.25, -0.2) is 0 Å². The Kier molecular flexibility index (Phi) is 5.36. The molecule has 1 atom stereocenters. The van der Waals surface area contributed by atoms with Gasteiger partial charge in [-0.15, -0.1) is 0 Å². The molecule has 0 spiro atoms. The average molecular weight is 565 g/mol. The fourth-order valence-electron chi connectivity index (χ4n) is 7.62. The lowest BCUT2D eigenvalue weighted by Gasteiger charge is -2.28. The number of hydrogen-bond donors (Lipinski definition) is 0. The Balaban J connectivity index is 1.30. The monoisotopic (exact) mass is 564 g/mol. The number of fused-ring (bicyclic) bond motifs is 5. The van der Waals surface area contributed by atoms with Gasteiger partial charge >= 0.3 is 0 Å². The number of benzene rings is 7. The van der Waals surface area contributed by atoms with E-state index in [4.69, 9.17) is 0 Å². The van der Waals surface area contributed by atoms with Gasteiger partial charge in [-0.2, -0.15) is 0 Å². The van der Waals surface area contributed by atoms with Crippen LogP contribution in [0.1, 0.15) is 23.6 Å². The molecule has 0 saturated heterocycles. The van der Waals surface area contributed by atoms with Crippen molar-refractivity contribution in [1.29, 1.82) is 0 Å². The van der Waals surface area contributed by atoms with Gasteiger partial charge in [0.1, 0.15) is 0 Å². The molecule has 0 bridgehead atoms. The van der Waals surface area contributed by atoms with E-state index >= 15 is 0 Å². The zero-order valence-corrected chi connectivity index (χ0v) is 24.7. The first-order chi connectivity index (χ1) is 21.2. The molecule has 0 saturated carbocycles. The Morgan fingerprint density at radius 2 is 1.00 bits per heavy atom. The first-order valence-electron chi connectivity index (χ1n) is 14.9. The lowest BCUT2D eigenvalue weighted by atomic mass is 9.74. The maximum absolute atomic E-state index is 2.39. The van der Waals surface area contributed by atoms with Crippen molar-refractivity contribution in [2.75, 3.05) is 0 Å². The van der Waals surface area contributed by atoms with E-state index in [1.165, 1.54) is 81.8 Å². The largest absolute Gasteiger partial charge is 0.0888 e. The highest BCUT2D eigenvalue weighted by Gasteiger charge is 2.41. The summed E-state index contributed by atoms with van der Waals surface area (Å²) in [4.78, 5) is 2.66. The number of rotatable bonds is 3. The predicted octanol–water partition coefficient (Wildman–Crippen LogP) is 11.6. The molecule has 43 heavy (non-hydrogen) atoms. The fraction of sp³-hybridized carbons (Fsp3) is 0.0476. The van der Waals surface area contributed by atoms with Crippen molar-refractivity contribution in [2.45, 2.75) is 22.1 Å². The SMILES string of the molecule is CC1(c2ccccc2)c2ccccc2-c2c(-c3ccccc3-c3ccc4c5c(cccc35)-c3ccccc3S4)cccc21. The van der Waals surface area contributed by atoms with E-state index in [2.05, 4.69) is 159 Å². The highest BCUT2D eigenvalue weighted by molar-refractivity contribution is 7.99. The van der Waals surface area contributed by atoms with Crippen LogP contribution in [0.15, 0.2) is 161 Å². The summed E-state index contributed by atoms with van der Waals surface area (Å²) in [6.07, 6.45) is 0. The third-order valence-electron chi connectivity index (χ3n) is 9.60. The third-order valence-corrected chi connectivity index (χ3v) is 10.7. The molecule has 0 amide bonds. The van der Waals surface area contributed by atoms with Crippen molar-refractivity contribution >= 4 is 22.5 Å². The first-order valence-corrected chi connectivity index (χ1v) is 15.8. The standard InChI is InChI=1S/C42H28S/c1-42(27-13-3-2-4-14-27)36-22-9-7-18-35(36)40-32(21-12-23-37(40)42)29-16-6-5-15-28(29)30-25-26-39-41-33(30)19-11-20-34(41)31-17-8-10-24-38(31)43-39/h2-26H,1H3. The molecule has 7 aromatic carbocycles. The second kappa shape index (κ2) is 9.33. The van der Waals surface area contributed by atoms with Crippen LogP contribution in [0.3, 0.4) is 0 Å². The van der Waals surface area contributed by atoms with Gasteiger partial charge in [0.05, 0.1) is 0 Å². The molecule has 0 radical (unpaired) electrons. The Hall–Kier alpha value is -4.85. The van der Waals surface area contributed by atoms with Gasteiger partial charge in [0, 0.05) is 20.6 Å². The fourth-order valence-corrected chi connectivity index (χ4v) is 8.75. The summed E-state index contributed by atoms with van der Waals surface area (Å²) in [7, 11) is 0. The van der Waals surface area contributed by atoms with Crippen LogP contribution in [-0.2, 0) is 5.41 Å². The summed E-state index contributed by atoms with van der Waals surface area (Å²) >= 11 is 1.89. The van der Waals surface area contributed by atoms with E-state index in [0.717, 1.165) is 0 Å². The minimum atomic E-state index is -0.219. The highest BCUT2D eigenvalue weighted by atomic mass is 32.2. The highest BCUT2D eigenvalue weighted by Crippen LogP contribution is 2.56. The summed E-state index contributed by atoms with van der Waals surface area (Å²) in [5, 5.41) is 2.67. The van der Waals surface area contributed by atoms with Crippen molar-refractivity contribution < 1.29 is 0 Å². The molecule has 2 aliphatic rings. The average Bonchev–Trinajstić information content (AvgIpc) is 3.35. The Labute approximate surface area is 256 Å². The molecule has 7 aromatic rings. The molecule has 1 heterocycles. The molecule has 0 nitrogen and oxygen atoms in total. The van der Waals surface area contributed by atoms with Crippen LogP contribution in [0.5, 0.6) is 0 Å². The molecule has 1 aliphatic heterocycles. The summed E-state index contributed by atoms with van der Waals surface area (Å²) in [5.74, 6) is 0. The Morgan fingerprint density at radius 1 is 0.395 bits per heavy atom. The molecule has 0 N–H and O–H groups in total. The zero-order valence-electron chi connectivity index (χ0n) is 23.8. The zero-order chi connectivity index (χ0) is 28.5. The van der Waals surface area contributed by atoms with Crippen LogP contribution in [0.2, 0.25) is 0 Å². The molecular formula is C42H28S. The maximum Gasteiger partial charge on any atom is 0.0435 e. The minimum Gasteiger partial charge on any atom is -0.0888 e. The van der Waals surface area contributed by atoms with Gasteiger partial charge in [0.25, 0.3) is 0 Å². The van der Waals surface area contributed by atoms with Crippen LogP contribution >= 0.6 is 11.8 Å². The van der Waals surface area contributed by atoms with Gasteiger partial charge < -0.3 is 0 Å². The van der Waals surface area contributed by atoms with E-state index in [1.54, 1.807) is 0 Å². The van der Waals surface area contributed by atoms with E-state index in [-0.39, 0.29) is 5.41 Å². The van der Waals surface area contributed by atoms with Crippen molar-refractivity contribution in [3.63, 3.8) is 0 Å². The lowest BCUT2D eigenvalue weighted by molar-refractivity contribution is 0.714. The van der Waals surface area contributed by atoms with Crippen molar-refractivity contribution in [1.82, 2.24) is 0 Å². The molecule has 1 aliphatic carbocycles. The topological polar surface area (TPSA) is 0 Å². The van der Waals surface area contributed by atoms with Gasteiger partial charge in [-0.05, 0) is 85.6 Å². The van der Waals surface area contributed by atoms with E-state index < -0.39 is 0 Å². The second-order valence-electron chi connectivity index (χ2n) is 11.7. The van der Waals surface area contributed by atoms with Crippen LogP contribution < -0.4 is 0 Å². The quantitative estimate of drug-likeness (QED) is 0.206. The van der Waals surface area contributed by atoms with Gasteiger partial charge in [0.15, 0.2) is 0 Å². The first kappa shape index (κ1) is 24.7. The molecule has 9 rings (SSSR count). The van der Waals surface area contributed by atoms with Gasteiger partial charge in [-0.3, -0.25) is 0 Å². The summed E-state index contributed by atoms with van der Waals surface area (Å²) < 4.78 is 0. The molecule has 0 fully saturated rings. The Bertz CT molecular complexity index is 2230. The van der Waals surface area contributed by atoms with E-state index in [1.807, 2.05) is 11.8 Å². The van der Waals surface area contributed by atoms with Crippen LogP contribution in [0.4, 0.5) is 0 Å². The predicted molar refractivity (Wildman–Crippen MR) is 182 cm³/mol. The van der Waals surface area contributed by atoms with Crippen LogP contribution in [0.25, 0.3) is 55.3 Å². The van der Waals surface area contributed by atoms with Crippen molar-refractivity contribution in [3.8, 4) is 44.5 Å². The van der Waals surface area contributed by atoms with Crippen LogP contribution in [-0.4, -0.2) is 0 Å². The van der Waals surface area contributed by atoms with Crippen molar-refractivity contribution in [3.05, 3.63) is 168 Å². The molecule has 1 heteroatoms. The Morgan fingerprint density at radius 3 is 1.84 bits per heavy atom. The summed E-state index contributed by atoms with van der Waals surface area (Å²) in [6.45, 7) is 2.39. The number of hydrogen-bond acceptors (Lipinski definition) is 1. The molecule has 1 unspecified atom stereocenters. The minimum absolute atomic E-state index is 0.219. The summed E-state index contributed by atoms with van der Waals surface area (Å²) in [6, 6.07) is 56.2.